The van der Waals surface area contributed by atoms with Gasteiger partial charge in [0.05, 0.1) is 13.2 Å². The molecule has 1 fully saturated rings. The second-order valence-corrected chi connectivity index (χ2v) is 4.86. The lowest BCUT2D eigenvalue weighted by Gasteiger charge is -2.20. The lowest BCUT2D eigenvalue weighted by atomic mass is 10.0. The van der Waals surface area contributed by atoms with Gasteiger partial charge in [0.25, 0.3) is 0 Å². The molecule has 1 aliphatic rings. The molecule has 0 spiro atoms. The Morgan fingerprint density at radius 1 is 1.56 bits per heavy atom. The molecule has 2 N–H and O–H groups in total. The van der Waals surface area contributed by atoms with Gasteiger partial charge in [-0.3, -0.25) is 4.79 Å². The number of hydrogen-bond donors (Lipinski definition) is 1. The van der Waals surface area contributed by atoms with E-state index < -0.39 is 0 Å². The molecular formula is C12H15BrNO2+. The monoisotopic (exact) mass is 284 g/mol. The van der Waals surface area contributed by atoms with Crippen LogP contribution in [0.1, 0.15) is 15.9 Å². The van der Waals surface area contributed by atoms with Crippen LogP contribution in [0.2, 0.25) is 0 Å². The van der Waals surface area contributed by atoms with Crippen LogP contribution in [0.5, 0.6) is 0 Å². The van der Waals surface area contributed by atoms with E-state index in [9.17, 15) is 4.79 Å². The highest BCUT2D eigenvalue weighted by Gasteiger charge is 2.25. The maximum absolute atomic E-state index is 12.1. The molecule has 0 radical (unpaired) electrons. The first-order valence-electron chi connectivity index (χ1n) is 5.42. The fraction of sp³-hybridized carbons (Fsp3) is 0.417. The second kappa shape index (κ2) is 5.08. The molecule has 1 aromatic rings. The van der Waals surface area contributed by atoms with Gasteiger partial charge in [-0.05, 0) is 24.6 Å². The third-order valence-electron chi connectivity index (χ3n) is 2.76. The minimum absolute atomic E-state index is 0.0894. The van der Waals surface area contributed by atoms with Gasteiger partial charge < -0.3 is 10.1 Å². The number of ether oxygens (including phenoxy) is 1. The average molecular weight is 285 g/mol. The molecule has 1 aliphatic heterocycles. The van der Waals surface area contributed by atoms with Crippen molar-refractivity contribution in [3.63, 3.8) is 0 Å². The maximum atomic E-state index is 12.1. The summed E-state index contributed by atoms with van der Waals surface area (Å²) in [6.07, 6.45) is -0.283. The summed E-state index contributed by atoms with van der Waals surface area (Å²) in [5, 5.41) is 2.12. The van der Waals surface area contributed by atoms with E-state index in [2.05, 4.69) is 21.2 Å². The maximum Gasteiger partial charge on any atom is 0.197 e. The molecule has 16 heavy (non-hydrogen) atoms. The number of nitrogens with two attached hydrogens (primary N) is 1. The van der Waals surface area contributed by atoms with Gasteiger partial charge in [-0.15, -0.1) is 0 Å². The van der Waals surface area contributed by atoms with Crippen LogP contribution in [0.15, 0.2) is 22.7 Å². The van der Waals surface area contributed by atoms with Crippen molar-refractivity contribution in [3.8, 4) is 0 Å². The predicted octanol–water partition coefficient (Wildman–Crippen LogP) is 0.902. The van der Waals surface area contributed by atoms with Gasteiger partial charge >= 0.3 is 0 Å². The summed E-state index contributed by atoms with van der Waals surface area (Å²) in [7, 11) is 0. The van der Waals surface area contributed by atoms with Gasteiger partial charge in [0.2, 0.25) is 0 Å². The van der Waals surface area contributed by atoms with E-state index in [-0.39, 0.29) is 11.9 Å². The lowest BCUT2D eigenvalue weighted by molar-refractivity contribution is -0.674. The molecule has 2 rings (SSSR count). The molecule has 4 heteroatoms. The first kappa shape index (κ1) is 11.8. The summed E-state index contributed by atoms with van der Waals surface area (Å²) < 4.78 is 6.50. The van der Waals surface area contributed by atoms with E-state index in [4.69, 9.17) is 4.74 Å². The van der Waals surface area contributed by atoms with Crippen molar-refractivity contribution < 1.29 is 14.8 Å². The molecule has 1 atom stereocenters. The lowest BCUT2D eigenvalue weighted by Crippen LogP contribution is -2.90. The highest BCUT2D eigenvalue weighted by molar-refractivity contribution is 9.10. The number of halogens is 1. The Kier molecular flexibility index (Phi) is 3.74. The zero-order chi connectivity index (χ0) is 11.5. The molecule has 86 valence electrons. The number of aryl methyl sites for hydroxylation is 1. The number of ketones is 1. The number of carbonyl (C=O) groups is 1. The molecule has 0 aromatic heterocycles. The number of morpholine rings is 1. The number of benzene rings is 1. The number of Topliss-reactive ketones (excluding diaryl/α,β-unsaturated/α-hetero) is 1. The zero-order valence-corrected chi connectivity index (χ0v) is 10.8. The van der Waals surface area contributed by atoms with Gasteiger partial charge in [0, 0.05) is 10.0 Å². The molecule has 1 saturated heterocycles. The fourth-order valence-corrected chi connectivity index (χ4v) is 2.04. The molecule has 0 bridgehead atoms. The van der Waals surface area contributed by atoms with Crippen molar-refractivity contribution in [2.45, 2.75) is 13.0 Å². The normalized spacial score (nSPS) is 20.8. The van der Waals surface area contributed by atoms with E-state index in [1.54, 1.807) is 0 Å². The second-order valence-electron chi connectivity index (χ2n) is 4.00. The Labute approximate surface area is 103 Å². The number of quaternary nitrogens is 1. The van der Waals surface area contributed by atoms with Crippen LogP contribution < -0.4 is 5.32 Å². The summed E-state index contributed by atoms with van der Waals surface area (Å²) in [4.78, 5) is 12.1. The number of rotatable bonds is 2. The van der Waals surface area contributed by atoms with Crippen molar-refractivity contribution in [2.24, 2.45) is 0 Å². The van der Waals surface area contributed by atoms with Crippen molar-refractivity contribution in [3.05, 3.63) is 33.8 Å². The van der Waals surface area contributed by atoms with E-state index in [1.807, 2.05) is 25.1 Å². The van der Waals surface area contributed by atoms with Crippen LogP contribution in [0, 0.1) is 6.92 Å². The van der Waals surface area contributed by atoms with Crippen molar-refractivity contribution in [1.29, 1.82) is 0 Å². The van der Waals surface area contributed by atoms with Crippen LogP contribution in [0.25, 0.3) is 0 Å². The van der Waals surface area contributed by atoms with Crippen molar-refractivity contribution >= 4 is 21.7 Å². The Morgan fingerprint density at radius 2 is 2.38 bits per heavy atom. The largest absolute Gasteiger partial charge is 0.358 e. The summed E-state index contributed by atoms with van der Waals surface area (Å²) in [5.41, 5.74) is 1.81. The highest BCUT2D eigenvalue weighted by atomic mass is 79.9. The SMILES string of the molecule is Cc1cc(C(=O)[C@@H]2C[NH2+]CCO2)ccc1Br. The Balaban J connectivity index is 2.16. The van der Waals surface area contributed by atoms with E-state index in [0.29, 0.717) is 6.61 Å². The smallest absolute Gasteiger partial charge is 0.197 e. The third kappa shape index (κ3) is 2.51. The van der Waals surface area contributed by atoms with Gasteiger partial charge in [-0.1, -0.05) is 22.0 Å². The molecule has 1 heterocycles. The first-order valence-corrected chi connectivity index (χ1v) is 6.21. The first-order chi connectivity index (χ1) is 7.68. The number of hydrogen-bond acceptors (Lipinski definition) is 2. The van der Waals surface area contributed by atoms with Crippen LogP contribution in [0.4, 0.5) is 0 Å². The van der Waals surface area contributed by atoms with Gasteiger partial charge in [-0.25, -0.2) is 0 Å². The molecular weight excluding hydrogens is 270 g/mol. The molecule has 0 amide bonds. The summed E-state index contributed by atoms with van der Waals surface area (Å²) in [5.74, 6) is 0.0894. The molecule has 0 aliphatic carbocycles. The quantitative estimate of drug-likeness (QED) is 0.821. The summed E-state index contributed by atoms with van der Waals surface area (Å²) in [6, 6.07) is 5.66. The zero-order valence-electron chi connectivity index (χ0n) is 9.20. The molecule has 0 unspecified atom stereocenters. The van der Waals surface area contributed by atoms with E-state index in [1.165, 1.54) is 0 Å². The minimum Gasteiger partial charge on any atom is -0.358 e. The predicted molar refractivity (Wildman–Crippen MR) is 64.6 cm³/mol. The fourth-order valence-electron chi connectivity index (χ4n) is 1.80. The Hall–Kier alpha value is -0.710. The van der Waals surface area contributed by atoms with Crippen molar-refractivity contribution in [1.82, 2.24) is 0 Å². The van der Waals surface area contributed by atoms with E-state index in [0.717, 1.165) is 28.7 Å². The van der Waals surface area contributed by atoms with E-state index >= 15 is 0 Å². The van der Waals surface area contributed by atoms with Crippen LogP contribution >= 0.6 is 15.9 Å². The van der Waals surface area contributed by atoms with Gasteiger partial charge in [-0.2, -0.15) is 0 Å². The van der Waals surface area contributed by atoms with Gasteiger partial charge in [0.1, 0.15) is 6.54 Å². The highest BCUT2D eigenvalue weighted by Crippen LogP contribution is 2.18. The third-order valence-corrected chi connectivity index (χ3v) is 3.65. The Morgan fingerprint density at radius 3 is 3.00 bits per heavy atom. The number of carbonyl (C=O) groups excluding carboxylic acids is 1. The molecule has 3 nitrogen and oxygen atoms in total. The summed E-state index contributed by atoms with van der Waals surface area (Å²) >= 11 is 3.43. The van der Waals surface area contributed by atoms with Crippen LogP contribution in [0.3, 0.4) is 0 Å². The van der Waals surface area contributed by atoms with Crippen LogP contribution in [-0.2, 0) is 4.74 Å². The molecule has 0 saturated carbocycles. The molecule has 1 aromatic carbocycles. The minimum atomic E-state index is -0.283. The topological polar surface area (TPSA) is 42.9 Å². The summed E-state index contributed by atoms with van der Waals surface area (Å²) in [6.45, 7) is 4.32. The standard InChI is InChI=1S/C12H14BrNO2/c1-8-6-9(2-3-10(8)13)12(15)11-7-14-4-5-16-11/h2-3,6,11,14H,4-5,7H2,1H3/p+1/t11-/m0/s1. The van der Waals surface area contributed by atoms with Crippen LogP contribution in [-0.4, -0.2) is 31.6 Å². The Bertz CT molecular complexity index is 400. The average Bonchev–Trinajstić information content (AvgIpc) is 2.33. The van der Waals surface area contributed by atoms with Crippen molar-refractivity contribution in [2.75, 3.05) is 19.7 Å². The van der Waals surface area contributed by atoms with Gasteiger partial charge in [0.15, 0.2) is 11.9 Å².